The van der Waals surface area contributed by atoms with Crippen molar-refractivity contribution in [3.05, 3.63) is 34.9 Å². The van der Waals surface area contributed by atoms with Gasteiger partial charge in [0, 0.05) is 38.6 Å². The van der Waals surface area contributed by atoms with Gasteiger partial charge in [0.1, 0.15) is 0 Å². The van der Waals surface area contributed by atoms with Crippen molar-refractivity contribution in [1.29, 1.82) is 0 Å². The molecule has 4 rings (SSSR count). The Bertz CT molecular complexity index is 782. The number of nitrogens with zero attached hydrogens (tertiary/aromatic N) is 3. The zero-order valence-electron chi connectivity index (χ0n) is 16.8. The fourth-order valence-electron chi connectivity index (χ4n) is 4.51. The second-order valence-corrected chi connectivity index (χ2v) is 8.58. The van der Waals surface area contributed by atoms with Gasteiger partial charge < -0.3 is 14.7 Å². The number of hydrogen-bond donors (Lipinski definition) is 0. The van der Waals surface area contributed by atoms with E-state index in [1.807, 2.05) is 9.80 Å². The number of aryl methyl sites for hydroxylation is 2. The van der Waals surface area contributed by atoms with Gasteiger partial charge in [-0.1, -0.05) is 29.3 Å². The Labute approximate surface area is 166 Å². The fourth-order valence-corrected chi connectivity index (χ4v) is 4.51. The van der Waals surface area contributed by atoms with Gasteiger partial charge in [-0.2, -0.15) is 0 Å². The molecule has 2 saturated heterocycles. The molecule has 1 aliphatic carbocycles. The summed E-state index contributed by atoms with van der Waals surface area (Å²) in [7, 11) is 0. The van der Waals surface area contributed by atoms with Crippen LogP contribution in [0.15, 0.2) is 18.2 Å². The van der Waals surface area contributed by atoms with E-state index in [4.69, 9.17) is 0 Å². The van der Waals surface area contributed by atoms with Crippen molar-refractivity contribution >= 4 is 17.7 Å². The molecule has 1 aromatic carbocycles. The van der Waals surface area contributed by atoms with Crippen molar-refractivity contribution in [2.24, 2.45) is 5.92 Å². The van der Waals surface area contributed by atoms with E-state index in [1.54, 1.807) is 4.90 Å². The summed E-state index contributed by atoms with van der Waals surface area (Å²) in [4.78, 5) is 43.2. The van der Waals surface area contributed by atoms with E-state index in [0.717, 1.165) is 18.4 Å². The van der Waals surface area contributed by atoms with Crippen LogP contribution in [-0.2, 0) is 20.9 Å². The Morgan fingerprint density at radius 1 is 1.00 bits per heavy atom. The lowest BCUT2D eigenvalue weighted by Crippen LogP contribution is -2.55. The van der Waals surface area contributed by atoms with Gasteiger partial charge in [-0.25, -0.2) is 0 Å². The first kappa shape index (κ1) is 19.0. The van der Waals surface area contributed by atoms with Crippen LogP contribution < -0.4 is 0 Å². The maximum Gasteiger partial charge on any atom is 0.242 e. The summed E-state index contributed by atoms with van der Waals surface area (Å²) in [5, 5.41) is 0. The highest BCUT2D eigenvalue weighted by molar-refractivity contribution is 5.88. The molecule has 1 saturated carbocycles. The summed E-state index contributed by atoms with van der Waals surface area (Å²) in [5.41, 5.74) is 3.53. The molecular formula is C22H29N3O3. The van der Waals surface area contributed by atoms with Crippen LogP contribution in [0.3, 0.4) is 0 Å². The van der Waals surface area contributed by atoms with Gasteiger partial charge in [-0.3, -0.25) is 14.4 Å². The van der Waals surface area contributed by atoms with Crippen molar-refractivity contribution in [2.75, 3.05) is 26.2 Å². The van der Waals surface area contributed by atoms with E-state index >= 15 is 0 Å². The Morgan fingerprint density at radius 3 is 2.36 bits per heavy atom. The summed E-state index contributed by atoms with van der Waals surface area (Å²) in [6.07, 6.45) is 3.18. The van der Waals surface area contributed by atoms with Crippen molar-refractivity contribution in [3.8, 4) is 0 Å². The first-order chi connectivity index (χ1) is 13.4. The second-order valence-electron chi connectivity index (χ2n) is 8.58. The first-order valence-electron chi connectivity index (χ1n) is 10.3. The maximum atomic E-state index is 13.0. The van der Waals surface area contributed by atoms with Crippen molar-refractivity contribution in [3.63, 3.8) is 0 Å². The Kier molecular flexibility index (Phi) is 5.13. The van der Waals surface area contributed by atoms with E-state index in [1.165, 1.54) is 11.1 Å². The van der Waals surface area contributed by atoms with Crippen LogP contribution in [0.5, 0.6) is 0 Å². The number of amides is 3. The normalized spacial score (nSPS) is 23.4. The monoisotopic (exact) mass is 383 g/mol. The molecule has 3 fully saturated rings. The number of carbonyl (C=O) groups excluding carboxylic acids is 3. The predicted molar refractivity (Wildman–Crippen MR) is 105 cm³/mol. The van der Waals surface area contributed by atoms with Crippen LogP contribution in [-0.4, -0.2) is 64.6 Å². The molecule has 3 aliphatic rings. The number of carbonyl (C=O) groups is 3. The van der Waals surface area contributed by atoms with E-state index in [0.29, 0.717) is 45.1 Å². The van der Waals surface area contributed by atoms with E-state index in [2.05, 4.69) is 32.0 Å². The molecule has 0 N–H and O–H groups in total. The van der Waals surface area contributed by atoms with Crippen LogP contribution in [0.1, 0.15) is 42.4 Å². The van der Waals surface area contributed by atoms with Crippen molar-refractivity contribution in [1.82, 2.24) is 14.7 Å². The van der Waals surface area contributed by atoms with Crippen molar-refractivity contribution in [2.45, 2.75) is 52.1 Å². The molecule has 6 nitrogen and oxygen atoms in total. The molecule has 6 heteroatoms. The van der Waals surface area contributed by atoms with Crippen LogP contribution >= 0.6 is 0 Å². The smallest absolute Gasteiger partial charge is 0.242 e. The molecule has 0 radical (unpaired) electrons. The van der Waals surface area contributed by atoms with Crippen LogP contribution in [0.2, 0.25) is 0 Å². The number of benzene rings is 1. The molecule has 0 spiro atoms. The van der Waals surface area contributed by atoms with Gasteiger partial charge in [-0.05, 0) is 38.7 Å². The highest BCUT2D eigenvalue weighted by atomic mass is 16.2. The number of rotatable bonds is 4. The molecule has 2 heterocycles. The van der Waals surface area contributed by atoms with Crippen LogP contribution in [0.25, 0.3) is 0 Å². The average Bonchev–Trinajstić information content (AvgIpc) is 3.47. The second kappa shape index (κ2) is 7.57. The van der Waals surface area contributed by atoms with Crippen molar-refractivity contribution < 1.29 is 14.4 Å². The third kappa shape index (κ3) is 4.05. The lowest BCUT2D eigenvalue weighted by molar-refractivity contribution is -0.151. The Hall–Kier alpha value is -2.37. The third-order valence-corrected chi connectivity index (χ3v) is 6.07. The number of likely N-dealkylation sites (tertiary alicyclic amines) is 1. The minimum Gasteiger partial charge on any atom is -0.339 e. The molecule has 28 heavy (non-hydrogen) atoms. The summed E-state index contributed by atoms with van der Waals surface area (Å²) in [6, 6.07) is 6.70. The van der Waals surface area contributed by atoms with E-state index in [-0.39, 0.29) is 30.2 Å². The molecule has 0 unspecified atom stereocenters. The number of piperidine rings is 1. The fraction of sp³-hybridized carbons (Fsp3) is 0.591. The van der Waals surface area contributed by atoms with Gasteiger partial charge in [0.15, 0.2) is 0 Å². The van der Waals surface area contributed by atoms with Gasteiger partial charge >= 0.3 is 0 Å². The minimum atomic E-state index is -0.155. The number of piperazine rings is 1. The maximum absolute atomic E-state index is 13.0. The molecule has 3 amide bonds. The number of hydrogen-bond acceptors (Lipinski definition) is 3. The molecular weight excluding hydrogens is 354 g/mol. The Morgan fingerprint density at radius 2 is 1.71 bits per heavy atom. The first-order valence-corrected chi connectivity index (χ1v) is 10.3. The highest BCUT2D eigenvalue weighted by Crippen LogP contribution is 2.32. The zero-order valence-corrected chi connectivity index (χ0v) is 16.8. The summed E-state index contributed by atoms with van der Waals surface area (Å²) in [6.45, 7) is 6.54. The van der Waals surface area contributed by atoms with Crippen LogP contribution in [0.4, 0.5) is 0 Å². The molecule has 0 aromatic heterocycles. The van der Waals surface area contributed by atoms with Crippen LogP contribution in [0, 0.1) is 19.8 Å². The molecule has 150 valence electrons. The standard InChI is InChI=1S/C22H29N3O3/c1-15-9-16(2)11-17(10-15)12-23-7-8-24(14-21(23)27)22(28)18-3-6-20(26)25(13-18)19-4-5-19/h9-11,18-19H,3-8,12-14H2,1-2H3/t18-/m1/s1. The van der Waals surface area contributed by atoms with E-state index < -0.39 is 0 Å². The van der Waals surface area contributed by atoms with Gasteiger partial charge in [0.2, 0.25) is 17.7 Å². The lowest BCUT2D eigenvalue weighted by Gasteiger charge is -2.38. The van der Waals surface area contributed by atoms with Gasteiger partial charge in [0.05, 0.1) is 12.5 Å². The molecule has 2 aliphatic heterocycles. The SMILES string of the molecule is Cc1cc(C)cc(CN2CCN(C(=O)[C@@H]3CCC(=O)N(C4CC4)C3)CC2=O)c1. The molecule has 0 bridgehead atoms. The topological polar surface area (TPSA) is 60.9 Å². The molecule has 1 atom stereocenters. The van der Waals surface area contributed by atoms with Gasteiger partial charge in [-0.15, -0.1) is 0 Å². The average molecular weight is 383 g/mol. The third-order valence-electron chi connectivity index (χ3n) is 6.07. The molecule has 1 aromatic rings. The minimum absolute atomic E-state index is 0.00435. The summed E-state index contributed by atoms with van der Waals surface area (Å²) < 4.78 is 0. The van der Waals surface area contributed by atoms with E-state index in [9.17, 15) is 14.4 Å². The predicted octanol–water partition coefficient (Wildman–Crippen LogP) is 1.88. The zero-order chi connectivity index (χ0) is 19.8. The summed E-state index contributed by atoms with van der Waals surface area (Å²) in [5.74, 6) is 0.0696. The summed E-state index contributed by atoms with van der Waals surface area (Å²) >= 11 is 0. The van der Waals surface area contributed by atoms with Gasteiger partial charge in [0.25, 0.3) is 0 Å². The quantitative estimate of drug-likeness (QED) is 0.798. The largest absolute Gasteiger partial charge is 0.339 e. The highest BCUT2D eigenvalue weighted by Gasteiger charge is 2.40. The Balaban J connectivity index is 1.35. The lowest BCUT2D eigenvalue weighted by atomic mass is 9.95.